The number of hydrogen-bond acceptors (Lipinski definition) is 7. The lowest BCUT2D eigenvalue weighted by atomic mass is 9.88. The van der Waals surface area contributed by atoms with Gasteiger partial charge >= 0.3 is 11.8 Å². The minimum atomic E-state index is -0.701. The van der Waals surface area contributed by atoms with Crippen molar-refractivity contribution >= 4 is 45.6 Å². The van der Waals surface area contributed by atoms with Crippen molar-refractivity contribution in [3.05, 3.63) is 36.8 Å². The Kier molecular flexibility index (Phi) is 5.71. The number of nitrogens with zero attached hydrogens (tertiary/aromatic N) is 3. The summed E-state index contributed by atoms with van der Waals surface area (Å²) in [5.41, 5.74) is 1.64. The summed E-state index contributed by atoms with van der Waals surface area (Å²) in [5, 5.41) is 17.8. The third kappa shape index (κ3) is 3.74. The molecule has 0 saturated heterocycles. The fourth-order valence-electron chi connectivity index (χ4n) is 3.24. The van der Waals surface area contributed by atoms with Crippen molar-refractivity contribution in [1.82, 2.24) is 9.78 Å². The molecule has 2 aromatic rings. The van der Waals surface area contributed by atoms with Crippen LogP contribution in [0, 0.1) is 23.0 Å². The summed E-state index contributed by atoms with van der Waals surface area (Å²) in [5.74, 6) is -0.942. The van der Waals surface area contributed by atoms with Crippen LogP contribution in [0.2, 0.25) is 5.02 Å². The van der Waals surface area contributed by atoms with E-state index in [2.05, 4.69) is 17.3 Å². The molecule has 3 rings (SSSR count). The van der Waals surface area contributed by atoms with Crippen molar-refractivity contribution in [2.24, 2.45) is 5.92 Å². The zero-order valence-corrected chi connectivity index (χ0v) is 17.1. The average Bonchev–Trinajstić information content (AvgIpc) is 3.12. The van der Waals surface area contributed by atoms with E-state index in [0.29, 0.717) is 22.2 Å². The van der Waals surface area contributed by atoms with Gasteiger partial charge in [0, 0.05) is 4.88 Å². The third-order valence-corrected chi connectivity index (χ3v) is 6.35. The molecular weight excluding hydrogens is 408 g/mol. The Balaban J connectivity index is 1.86. The molecule has 1 amide bonds. The molecule has 0 fully saturated rings. The van der Waals surface area contributed by atoms with Gasteiger partial charge in [-0.05, 0) is 42.6 Å². The number of esters is 1. The maximum absolute atomic E-state index is 12.5. The Morgan fingerprint density at radius 3 is 2.82 bits per heavy atom. The van der Waals surface area contributed by atoms with Gasteiger partial charge in [0.25, 0.3) is 0 Å². The van der Waals surface area contributed by atoms with Crippen molar-refractivity contribution in [1.29, 1.82) is 0 Å². The molecule has 2 heterocycles. The molecule has 0 aromatic carbocycles. The summed E-state index contributed by atoms with van der Waals surface area (Å²) >= 11 is 7.27. The van der Waals surface area contributed by atoms with Crippen LogP contribution in [-0.2, 0) is 28.9 Å². The molecule has 0 radical (unpaired) electrons. The van der Waals surface area contributed by atoms with Crippen molar-refractivity contribution < 1.29 is 19.2 Å². The fraction of sp³-hybridized carbons (Fsp3) is 0.471. The number of hydrogen-bond donors (Lipinski definition) is 1. The van der Waals surface area contributed by atoms with Gasteiger partial charge in [-0.3, -0.25) is 4.79 Å². The van der Waals surface area contributed by atoms with Gasteiger partial charge in [0.15, 0.2) is 5.02 Å². The lowest BCUT2D eigenvalue weighted by Gasteiger charge is -2.18. The number of rotatable bonds is 5. The second kappa shape index (κ2) is 7.88. The summed E-state index contributed by atoms with van der Waals surface area (Å²) < 4.78 is 6.07. The van der Waals surface area contributed by atoms with Crippen LogP contribution in [0.1, 0.15) is 39.8 Å². The molecule has 1 aliphatic rings. The summed E-state index contributed by atoms with van der Waals surface area (Å²) in [7, 11) is 1.30. The maximum Gasteiger partial charge on any atom is 0.408 e. The third-order valence-electron chi connectivity index (χ3n) is 4.74. The second-order valence-corrected chi connectivity index (χ2v) is 8.22. The number of nitrogens with one attached hydrogen (secondary N) is 1. The second-order valence-electron chi connectivity index (χ2n) is 6.73. The first-order valence-corrected chi connectivity index (χ1v) is 9.82. The Bertz CT molecular complexity index is 967. The van der Waals surface area contributed by atoms with E-state index in [4.69, 9.17) is 16.3 Å². The van der Waals surface area contributed by atoms with E-state index in [9.17, 15) is 19.7 Å². The van der Waals surface area contributed by atoms with E-state index in [1.807, 2.05) is 0 Å². The largest absolute Gasteiger partial charge is 0.465 e. The minimum Gasteiger partial charge on any atom is -0.465 e. The average molecular weight is 427 g/mol. The molecule has 28 heavy (non-hydrogen) atoms. The molecule has 150 valence electrons. The number of methoxy groups -OCH3 is 1. The molecule has 0 bridgehead atoms. The van der Waals surface area contributed by atoms with Gasteiger partial charge in [-0.25, -0.2) is 4.79 Å². The number of halogens is 1. The van der Waals surface area contributed by atoms with E-state index >= 15 is 0 Å². The Labute approximate surface area is 169 Å². The Morgan fingerprint density at radius 1 is 1.50 bits per heavy atom. The lowest BCUT2D eigenvalue weighted by Crippen LogP contribution is -2.21. The standard InChI is InChI=1S/C17H19ClN4O5S/c1-8-4-5-10-11(6-8)28-16(13(10)17(24)27-3)19-12(23)7-21-9(2)14(18)15(20-21)22(25)26/h8H,4-7H2,1-3H3,(H,19,23)/t8-/m0/s1. The molecule has 1 N–H and O–H groups in total. The molecule has 11 heteroatoms. The first-order valence-electron chi connectivity index (χ1n) is 8.62. The number of amides is 1. The highest BCUT2D eigenvalue weighted by molar-refractivity contribution is 7.17. The van der Waals surface area contributed by atoms with E-state index < -0.39 is 22.6 Å². The quantitative estimate of drug-likeness (QED) is 0.445. The van der Waals surface area contributed by atoms with Crippen molar-refractivity contribution in [3.8, 4) is 0 Å². The van der Waals surface area contributed by atoms with Crippen LogP contribution in [0.15, 0.2) is 0 Å². The summed E-state index contributed by atoms with van der Waals surface area (Å²) in [4.78, 5) is 36.1. The summed E-state index contributed by atoms with van der Waals surface area (Å²) in [6.07, 6.45) is 2.57. The van der Waals surface area contributed by atoms with Gasteiger partial charge < -0.3 is 20.2 Å². The topological polar surface area (TPSA) is 116 Å². The highest BCUT2D eigenvalue weighted by Gasteiger charge is 2.30. The van der Waals surface area contributed by atoms with Crippen LogP contribution in [0.4, 0.5) is 10.8 Å². The smallest absolute Gasteiger partial charge is 0.408 e. The monoisotopic (exact) mass is 426 g/mol. The van der Waals surface area contributed by atoms with Gasteiger partial charge in [0.05, 0.1) is 23.5 Å². The minimum absolute atomic E-state index is 0.103. The number of aromatic nitrogens is 2. The molecule has 1 atom stereocenters. The molecule has 0 spiro atoms. The predicted molar refractivity (Wildman–Crippen MR) is 104 cm³/mol. The molecule has 9 nitrogen and oxygen atoms in total. The molecular formula is C17H19ClN4O5S. The van der Waals surface area contributed by atoms with E-state index in [1.165, 1.54) is 23.1 Å². The van der Waals surface area contributed by atoms with Crippen molar-refractivity contribution in [2.45, 2.75) is 39.7 Å². The van der Waals surface area contributed by atoms with Gasteiger partial charge in [-0.2, -0.15) is 4.68 Å². The van der Waals surface area contributed by atoms with Crippen molar-refractivity contribution in [2.75, 3.05) is 12.4 Å². The van der Waals surface area contributed by atoms with Crippen LogP contribution < -0.4 is 5.32 Å². The van der Waals surface area contributed by atoms with Gasteiger partial charge in [0.2, 0.25) is 5.91 Å². The van der Waals surface area contributed by atoms with E-state index in [0.717, 1.165) is 29.7 Å². The summed E-state index contributed by atoms with van der Waals surface area (Å²) in [6.45, 7) is 3.43. The zero-order chi connectivity index (χ0) is 20.6. The van der Waals surface area contributed by atoms with Gasteiger partial charge in [0.1, 0.15) is 11.5 Å². The number of anilines is 1. The number of carbonyl (C=O) groups excluding carboxylic acids is 2. The zero-order valence-electron chi connectivity index (χ0n) is 15.6. The van der Waals surface area contributed by atoms with Crippen LogP contribution in [0.5, 0.6) is 0 Å². The van der Waals surface area contributed by atoms with Crippen LogP contribution in [0.3, 0.4) is 0 Å². The number of ether oxygens (including phenoxy) is 1. The van der Waals surface area contributed by atoms with Crippen LogP contribution in [0.25, 0.3) is 0 Å². The first kappa shape index (κ1) is 20.3. The van der Waals surface area contributed by atoms with Gasteiger partial charge in [-0.1, -0.05) is 18.5 Å². The number of carbonyl (C=O) groups is 2. The Morgan fingerprint density at radius 2 is 2.21 bits per heavy atom. The molecule has 0 unspecified atom stereocenters. The fourth-order valence-corrected chi connectivity index (χ4v) is 4.86. The van der Waals surface area contributed by atoms with Crippen LogP contribution in [-0.4, -0.2) is 33.7 Å². The SMILES string of the molecule is COC(=O)c1c(NC(=O)Cn2nc([N+](=O)[O-])c(Cl)c2C)sc2c1CC[C@H](C)C2. The highest BCUT2D eigenvalue weighted by atomic mass is 35.5. The van der Waals surface area contributed by atoms with E-state index in [1.54, 1.807) is 6.92 Å². The number of nitro groups is 1. The lowest BCUT2D eigenvalue weighted by molar-refractivity contribution is -0.389. The highest BCUT2D eigenvalue weighted by Crippen LogP contribution is 2.40. The molecule has 1 aliphatic carbocycles. The maximum atomic E-state index is 12.5. The molecule has 0 saturated carbocycles. The van der Waals surface area contributed by atoms with Crippen LogP contribution >= 0.6 is 22.9 Å². The van der Waals surface area contributed by atoms with Crippen molar-refractivity contribution in [3.63, 3.8) is 0 Å². The predicted octanol–water partition coefficient (Wildman–Crippen LogP) is 3.36. The Hall–Kier alpha value is -2.46. The summed E-state index contributed by atoms with van der Waals surface area (Å²) in [6, 6.07) is 0. The number of thiophene rings is 1. The van der Waals surface area contributed by atoms with Gasteiger partial charge in [-0.15, -0.1) is 11.3 Å². The molecule has 0 aliphatic heterocycles. The molecule has 2 aromatic heterocycles. The first-order chi connectivity index (χ1) is 13.2. The number of fused-ring (bicyclic) bond motifs is 1. The normalized spacial score (nSPS) is 15.8. The van der Waals surface area contributed by atoms with E-state index in [-0.39, 0.29) is 11.6 Å².